The summed E-state index contributed by atoms with van der Waals surface area (Å²) in [5.41, 5.74) is 2.29. The molecule has 1 heterocycles. The zero-order valence-corrected chi connectivity index (χ0v) is 16.7. The third-order valence-electron chi connectivity index (χ3n) is 4.11. The Balaban J connectivity index is 1.89. The molecule has 1 aromatic rings. The summed E-state index contributed by atoms with van der Waals surface area (Å²) >= 11 is 0. The van der Waals surface area contributed by atoms with Gasteiger partial charge in [-0.1, -0.05) is 0 Å². The van der Waals surface area contributed by atoms with Crippen molar-refractivity contribution < 1.29 is 14.2 Å². The van der Waals surface area contributed by atoms with E-state index >= 15 is 0 Å². The van der Waals surface area contributed by atoms with Crippen molar-refractivity contribution in [3.63, 3.8) is 0 Å². The number of guanidine groups is 1. The first-order valence-electron chi connectivity index (χ1n) is 9.54. The Morgan fingerprint density at radius 1 is 1.35 bits per heavy atom. The highest BCUT2D eigenvalue weighted by Crippen LogP contribution is 2.35. The van der Waals surface area contributed by atoms with Crippen LogP contribution < -0.4 is 20.1 Å². The maximum Gasteiger partial charge on any atom is 0.191 e. The molecule has 2 N–H and O–H groups in total. The normalized spacial score (nSPS) is 16.4. The molecule has 0 saturated heterocycles. The van der Waals surface area contributed by atoms with Crippen LogP contribution in [-0.2, 0) is 17.7 Å². The second kappa shape index (κ2) is 10.3. The fourth-order valence-electron chi connectivity index (χ4n) is 2.91. The highest BCUT2D eigenvalue weighted by Gasteiger charge is 2.21. The van der Waals surface area contributed by atoms with Crippen LogP contribution >= 0.6 is 0 Å². The van der Waals surface area contributed by atoms with Gasteiger partial charge >= 0.3 is 0 Å². The van der Waals surface area contributed by atoms with Crippen molar-refractivity contribution >= 4 is 5.96 Å². The number of hydrogen-bond acceptors (Lipinski definition) is 4. The van der Waals surface area contributed by atoms with Gasteiger partial charge in [-0.15, -0.1) is 0 Å². The fourth-order valence-corrected chi connectivity index (χ4v) is 2.91. The minimum atomic E-state index is 0.227. The number of rotatable bonds is 9. The molecule has 0 radical (unpaired) electrons. The molecular formula is C20H33N3O3. The zero-order chi connectivity index (χ0) is 18.9. The molecule has 146 valence electrons. The van der Waals surface area contributed by atoms with E-state index in [0.29, 0.717) is 13.2 Å². The van der Waals surface area contributed by atoms with Crippen LogP contribution in [0.2, 0.25) is 0 Å². The molecule has 1 aliphatic rings. The minimum absolute atomic E-state index is 0.227. The Bertz CT molecular complexity index is 602. The smallest absolute Gasteiger partial charge is 0.191 e. The van der Waals surface area contributed by atoms with Crippen LogP contribution in [0.25, 0.3) is 0 Å². The number of fused-ring (bicyclic) bond motifs is 1. The number of nitrogens with one attached hydrogen (secondary N) is 2. The molecule has 0 fully saturated rings. The van der Waals surface area contributed by atoms with Gasteiger partial charge in [0.1, 0.15) is 17.6 Å². The Labute approximate surface area is 157 Å². The van der Waals surface area contributed by atoms with Gasteiger partial charge in [0.05, 0.1) is 12.7 Å². The lowest BCUT2D eigenvalue weighted by Gasteiger charge is -2.16. The molecule has 2 rings (SSSR count). The molecule has 0 aliphatic carbocycles. The molecule has 1 unspecified atom stereocenters. The third-order valence-corrected chi connectivity index (χ3v) is 4.11. The van der Waals surface area contributed by atoms with Crippen molar-refractivity contribution in [2.75, 3.05) is 26.8 Å². The van der Waals surface area contributed by atoms with E-state index in [1.54, 1.807) is 7.05 Å². The predicted molar refractivity (Wildman–Crippen MR) is 105 cm³/mol. The third kappa shape index (κ3) is 6.09. The number of nitrogens with zero attached hydrogens (tertiary/aromatic N) is 1. The molecule has 1 aromatic carbocycles. The average Bonchev–Trinajstić information content (AvgIpc) is 2.96. The summed E-state index contributed by atoms with van der Waals surface area (Å²) in [7, 11) is 1.77. The van der Waals surface area contributed by atoms with E-state index in [9.17, 15) is 0 Å². The van der Waals surface area contributed by atoms with Gasteiger partial charge in [0, 0.05) is 44.3 Å². The summed E-state index contributed by atoms with van der Waals surface area (Å²) in [5, 5.41) is 6.66. The molecule has 0 bridgehead atoms. The monoisotopic (exact) mass is 363 g/mol. The molecule has 0 amide bonds. The summed E-state index contributed by atoms with van der Waals surface area (Å²) in [6.07, 6.45) is 2.37. The first-order valence-corrected chi connectivity index (χ1v) is 9.54. The van der Waals surface area contributed by atoms with Crippen molar-refractivity contribution in [3.05, 3.63) is 23.3 Å². The van der Waals surface area contributed by atoms with Gasteiger partial charge in [0.2, 0.25) is 0 Å². The summed E-state index contributed by atoms with van der Waals surface area (Å²) in [6, 6.07) is 4.19. The summed E-state index contributed by atoms with van der Waals surface area (Å²) in [6.45, 7) is 11.0. The molecular weight excluding hydrogens is 330 g/mol. The first kappa shape index (κ1) is 20.4. The minimum Gasteiger partial charge on any atom is -0.494 e. The maximum absolute atomic E-state index is 5.88. The van der Waals surface area contributed by atoms with Crippen molar-refractivity contribution in [1.29, 1.82) is 0 Å². The lowest BCUT2D eigenvalue weighted by Crippen LogP contribution is -2.37. The Morgan fingerprint density at radius 3 is 2.85 bits per heavy atom. The molecule has 0 saturated carbocycles. The Morgan fingerprint density at radius 2 is 2.15 bits per heavy atom. The molecule has 1 atom stereocenters. The van der Waals surface area contributed by atoms with Gasteiger partial charge in [-0.25, -0.2) is 0 Å². The zero-order valence-electron chi connectivity index (χ0n) is 16.7. The molecule has 0 aromatic heterocycles. The van der Waals surface area contributed by atoms with E-state index in [1.165, 1.54) is 5.56 Å². The van der Waals surface area contributed by atoms with Crippen LogP contribution in [-0.4, -0.2) is 45.0 Å². The summed E-state index contributed by atoms with van der Waals surface area (Å²) < 4.78 is 17.3. The van der Waals surface area contributed by atoms with E-state index < -0.39 is 0 Å². The van der Waals surface area contributed by atoms with E-state index in [2.05, 4.69) is 34.7 Å². The molecule has 6 nitrogen and oxygen atoms in total. The van der Waals surface area contributed by atoms with E-state index in [1.807, 2.05) is 20.8 Å². The Hall–Kier alpha value is -1.95. The van der Waals surface area contributed by atoms with Gasteiger partial charge in [-0.05, 0) is 46.2 Å². The van der Waals surface area contributed by atoms with Crippen LogP contribution in [0.15, 0.2) is 17.1 Å². The average molecular weight is 364 g/mol. The highest BCUT2D eigenvalue weighted by atomic mass is 16.5. The first-order chi connectivity index (χ1) is 12.5. The predicted octanol–water partition coefficient (Wildman–Crippen LogP) is 2.89. The van der Waals surface area contributed by atoms with Crippen LogP contribution in [0.4, 0.5) is 0 Å². The van der Waals surface area contributed by atoms with Crippen LogP contribution in [0.5, 0.6) is 11.5 Å². The topological polar surface area (TPSA) is 64.1 Å². The van der Waals surface area contributed by atoms with Crippen molar-refractivity contribution in [1.82, 2.24) is 10.6 Å². The summed E-state index contributed by atoms with van der Waals surface area (Å²) in [4.78, 5) is 4.28. The fraction of sp³-hybridized carbons (Fsp3) is 0.650. The van der Waals surface area contributed by atoms with Gasteiger partial charge in [0.25, 0.3) is 0 Å². The molecule has 26 heavy (non-hydrogen) atoms. The standard InChI is InChI=1S/C20H33N3O3/c1-6-24-18-11-16-10-15(4)26-19(16)12-17(18)13-23-20(21-5)22-8-7-9-25-14(2)3/h11-12,14-15H,6-10,13H2,1-5H3,(H2,21,22,23). The second-order valence-corrected chi connectivity index (χ2v) is 6.76. The molecule has 0 spiro atoms. The number of aliphatic imine (C=N–C) groups is 1. The second-order valence-electron chi connectivity index (χ2n) is 6.76. The SMILES string of the molecule is CCOc1cc2c(cc1CNC(=NC)NCCCOC(C)C)OC(C)C2. The van der Waals surface area contributed by atoms with Crippen molar-refractivity contribution in [2.24, 2.45) is 4.99 Å². The molecule has 1 aliphatic heterocycles. The maximum atomic E-state index is 5.88. The Kier molecular flexibility index (Phi) is 8.04. The largest absolute Gasteiger partial charge is 0.494 e. The van der Waals surface area contributed by atoms with E-state index in [0.717, 1.165) is 49.0 Å². The number of benzene rings is 1. The lowest BCUT2D eigenvalue weighted by atomic mass is 10.1. The quantitative estimate of drug-likeness (QED) is 0.401. The number of ether oxygens (including phenoxy) is 3. The molecule has 6 heteroatoms. The summed E-state index contributed by atoms with van der Waals surface area (Å²) in [5.74, 6) is 2.65. The van der Waals surface area contributed by atoms with Gasteiger partial charge in [-0.2, -0.15) is 0 Å². The van der Waals surface area contributed by atoms with Crippen LogP contribution in [0.1, 0.15) is 45.2 Å². The van der Waals surface area contributed by atoms with E-state index in [4.69, 9.17) is 14.2 Å². The van der Waals surface area contributed by atoms with Crippen LogP contribution in [0.3, 0.4) is 0 Å². The highest BCUT2D eigenvalue weighted by molar-refractivity contribution is 5.79. The van der Waals surface area contributed by atoms with Gasteiger partial charge < -0.3 is 24.8 Å². The van der Waals surface area contributed by atoms with Crippen molar-refractivity contribution in [2.45, 2.75) is 59.3 Å². The lowest BCUT2D eigenvalue weighted by molar-refractivity contribution is 0.0776. The van der Waals surface area contributed by atoms with Crippen molar-refractivity contribution in [3.8, 4) is 11.5 Å². The number of hydrogen-bond donors (Lipinski definition) is 2. The van der Waals surface area contributed by atoms with Gasteiger partial charge in [0.15, 0.2) is 5.96 Å². The van der Waals surface area contributed by atoms with Gasteiger partial charge in [-0.3, -0.25) is 4.99 Å². The van der Waals surface area contributed by atoms with E-state index in [-0.39, 0.29) is 12.2 Å². The van der Waals surface area contributed by atoms with Crippen LogP contribution in [0, 0.1) is 0 Å².